The van der Waals surface area contributed by atoms with Crippen LogP contribution in [0.25, 0.3) is 16.0 Å². The Morgan fingerprint density at radius 3 is 2.62 bits per heavy atom. The van der Waals surface area contributed by atoms with Gasteiger partial charge >= 0.3 is 0 Å². The molecule has 0 aliphatic carbocycles. The predicted octanol–water partition coefficient (Wildman–Crippen LogP) is 4.76. The molecular formula is C24H28FN7OS. The summed E-state index contributed by atoms with van der Waals surface area (Å²) in [6.07, 6.45) is 5.29. The molecule has 178 valence electrons. The van der Waals surface area contributed by atoms with Crippen molar-refractivity contribution in [2.45, 2.75) is 64.6 Å². The summed E-state index contributed by atoms with van der Waals surface area (Å²) < 4.78 is 15.9. The average Bonchev–Trinajstić information content (AvgIpc) is 3.28. The van der Waals surface area contributed by atoms with E-state index in [1.54, 1.807) is 23.7 Å². The Kier molecular flexibility index (Phi) is 5.33. The van der Waals surface area contributed by atoms with Gasteiger partial charge in [0.25, 0.3) is 5.91 Å². The van der Waals surface area contributed by atoms with E-state index in [9.17, 15) is 9.18 Å². The molecule has 34 heavy (non-hydrogen) atoms. The van der Waals surface area contributed by atoms with E-state index in [1.165, 1.54) is 17.4 Å². The summed E-state index contributed by atoms with van der Waals surface area (Å²) >= 11 is 1.21. The van der Waals surface area contributed by atoms with Crippen molar-refractivity contribution < 1.29 is 9.18 Å². The number of thiazole rings is 1. The van der Waals surface area contributed by atoms with Gasteiger partial charge in [-0.15, -0.1) is 0 Å². The molecule has 0 spiro atoms. The maximum absolute atomic E-state index is 14.3. The molecule has 5 rings (SSSR count). The van der Waals surface area contributed by atoms with Crippen molar-refractivity contribution in [3.05, 3.63) is 47.1 Å². The van der Waals surface area contributed by atoms with Crippen molar-refractivity contribution in [2.24, 2.45) is 0 Å². The summed E-state index contributed by atoms with van der Waals surface area (Å²) in [5, 5.41) is 10.3. The molecule has 8 nitrogen and oxygen atoms in total. The number of aryl methyl sites for hydroxylation is 1. The van der Waals surface area contributed by atoms with E-state index in [1.807, 2.05) is 12.1 Å². The molecule has 0 unspecified atom stereocenters. The number of fused-ring (bicyclic) bond motifs is 2. The van der Waals surface area contributed by atoms with Crippen molar-refractivity contribution in [1.82, 2.24) is 24.7 Å². The van der Waals surface area contributed by atoms with Gasteiger partial charge in [0.05, 0.1) is 11.4 Å². The largest absolute Gasteiger partial charge is 0.367 e. The number of rotatable bonds is 4. The number of nitrogens with one attached hydrogen (secondary N) is 3. The topological polar surface area (TPSA) is 96.2 Å². The van der Waals surface area contributed by atoms with Crippen LogP contribution in [0.2, 0.25) is 0 Å². The van der Waals surface area contributed by atoms with Crippen LogP contribution in [0.3, 0.4) is 0 Å². The van der Waals surface area contributed by atoms with E-state index < -0.39 is 11.7 Å². The van der Waals surface area contributed by atoms with Crippen molar-refractivity contribution in [3.8, 4) is 0 Å². The first kappa shape index (κ1) is 22.7. The van der Waals surface area contributed by atoms with Crippen LogP contribution in [0.4, 0.5) is 15.9 Å². The molecule has 0 saturated carbocycles. The second-order valence-electron chi connectivity index (χ2n) is 10.3. The summed E-state index contributed by atoms with van der Waals surface area (Å²) in [5.74, 6) is -0.142. The molecule has 0 atom stereocenters. The first-order valence-corrected chi connectivity index (χ1v) is 12.1. The highest BCUT2D eigenvalue weighted by Crippen LogP contribution is 2.31. The van der Waals surface area contributed by atoms with Crippen LogP contribution in [-0.2, 0) is 0 Å². The number of anilines is 2. The second kappa shape index (κ2) is 7.99. The Balaban J connectivity index is 1.34. The van der Waals surface area contributed by atoms with E-state index in [-0.39, 0.29) is 27.8 Å². The van der Waals surface area contributed by atoms with Crippen molar-refractivity contribution in [3.63, 3.8) is 0 Å². The van der Waals surface area contributed by atoms with Crippen LogP contribution in [-0.4, -0.2) is 42.4 Å². The molecule has 10 heteroatoms. The molecule has 3 N–H and O–H groups in total. The van der Waals surface area contributed by atoms with Gasteiger partial charge in [-0.2, -0.15) is 0 Å². The Morgan fingerprint density at radius 1 is 1.15 bits per heavy atom. The third-order valence-corrected chi connectivity index (χ3v) is 6.84. The van der Waals surface area contributed by atoms with E-state index >= 15 is 0 Å². The number of aromatic nitrogens is 4. The van der Waals surface area contributed by atoms with Gasteiger partial charge in [0, 0.05) is 35.6 Å². The molecule has 5 heterocycles. The fraction of sp³-hybridized carbons (Fsp3) is 0.417. The van der Waals surface area contributed by atoms with E-state index in [4.69, 9.17) is 4.98 Å². The van der Waals surface area contributed by atoms with Crippen LogP contribution in [0.1, 0.15) is 56.0 Å². The molecular weight excluding hydrogens is 453 g/mol. The maximum Gasteiger partial charge on any atom is 0.284 e. The van der Waals surface area contributed by atoms with Gasteiger partial charge in [0.1, 0.15) is 16.2 Å². The van der Waals surface area contributed by atoms with Gasteiger partial charge in [-0.25, -0.2) is 19.3 Å². The highest BCUT2D eigenvalue weighted by Gasteiger charge is 2.37. The number of nitrogens with zero attached hydrogens (tertiary/aromatic N) is 4. The number of carbonyl (C=O) groups excluding carboxylic acids is 1. The zero-order chi connectivity index (χ0) is 24.3. The summed E-state index contributed by atoms with van der Waals surface area (Å²) in [6.45, 7) is 10.6. The summed E-state index contributed by atoms with van der Waals surface area (Å²) in [7, 11) is 0. The van der Waals surface area contributed by atoms with Crippen LogP contribution in [0.15, 0.2) is 30.6 Å². The first-order chi connectivity index (χ1) is 16.0. The van der Waals surface area contributed by atoms with Gasteiger partial charge < -0.3 is 20.4 Å². The van der Waals surface area contributed by atoms with Crippen LogP contribution in [0, 0.1) is 12.7 Å². The molecule has 1 saturated heterocycles. The third-order valence-electron chi connectivity index (χ3n) is 5.88. The lowest BCUT2D eigenvalue weighted by Crippen LogP contribution is -2.60. The number of halogens is 1. The normalized spacial score (nSPS) is 17.8. The van der Waals surface area contributed by atoms with E-state index in [2.05, 4.69) is 53.6 Å². The van der Waals surface area contributed by atoms with Gasteiger partial charge in [0.15, 0.2) is 16.5 Å². The fourth-order valence-electron chi connectivity index (χ4n) is 5.06. The lowest BCUT2D eigenvalue weighted by molar-refractivity contribution is 0.102. The Hall–Kier alpha value is -3.11. The number of pyridine rings is 2. The van der Waals surface area contributed by atoms with Gasteiger partial charge in [-0.05, 0) is 59.6 Å². The van der Waals surface area contributed by atoms with Crippen LogP contribution >= 0.6 is 11.3 Å². The minimum Gasteiger partial charge on any atom is -0.367 e. The van der Waals surface area contributed by atoms with Crippen molar-refractivity contribution in [2.75, 3.05) is 10.6 Å². The molecule has 0 radical (unpaired) electrons. The number of carbonyl (C=O) groups is 1. The smallest absolute Gasteiger partial charge is 0.284 e. The third kappa shape index (κ3) is 4.60. The molecule has 0 aromatic carbocycles. The number of imidazole rings is 1. The van der Waals surface area contributed by atoms with E-state index in [0.717, 1.165) is 18.7 Å². The lowest BCUT2D eigenvalue weighted by atomic mass is 9.79. The minimum atomic E-state index is -0.503. The van der Waals surface area contributed by atoms with Gasteiger partial charge in [-0.3, -0.25) is 4.79 Å². The zero-order valence-corrected chi connectivity index (χ0v) is 20.7. The minimum absolute atomic E-state index is 0.0250. The first-order valence-electron chi connectivity index (χ1n) is 11.3. The van der Waals surface area contributed by atoms with Crippen LogP contribution < -0.4 is 16.0 Å². The molecule has 4 aromatic heterocycles. The highest BCUT2D eigenvalue weighted by molar-refractivity contribution is 7.20. The summed E-state index contributed by atoms with van der Waals surface area (Å²) in [6, 6.07) is 5.31. The summed E-state index contributed by atoms with van der Waals surface area (Å²) in [5.41, 5.74) is 1.95. The van der Waals surface area contributed by atoms with Gasteiger partial charge in [-0.1, -0.05) is 11.3 Å². The standard InChI is InChI=1S/C24H28FN7OS/c1-13-11-32-12-14(8-16(25)19(32)26-13)28-20(33)22-29-17-6-7-18(30-21(17)34-22)27-15-9-23(2,3)31-24(4,5)10-15/h6-8,11-12,15,31H,9-10H2,1-5H3,(H,27,30)(H,28,33). The lowest BCUT2D eigenvalue weighted by Gasteiger charge is -2.46. The zero-order valence-electron chi connectivity index (χ0n) is 19.9. The van der Waals surface area contributed by atoms with E-state index in [0.29, 0.717) is 21.7 Å². The molecule has 0 bridgehead atoms. The highest BCUT2D eigenvalue weighted by atomic mass is 32.1. The molecule has 1 aliphatic heterocycles. The average molecular weight is 482 g/mol. The van der Waals surface area contributed by atoms with Crippen LogP contribution in [0.5, 0.6) is 0 Å². The SMILES string of the molecule is Cc1cn2cc(NC(=O)c3nc4ccc(NC5CC(C)(C)NC(C)(C)C5)nc4s3)cc(F)c2n1. The van der Waals surface area contributed by atoms with Crippen molar-refractivity contribution >= 4 is 44.7 Å². The number of hydrogen-bond acceptors (Lipinski definition) is 7. The number of hydrogen-bond donors (Lipinski definition) is 3. The monoisotopic (exact) mass is 481 g/mol. The molecule has 1 amide bonds. The quantitative estimate of drug-likeness (QED) is 0.389. The maximum atomic E-state index is 14.3. The molecule has 4 aromatic rings. The molecule has 1 aliphatic rings. The molecule has 1 fully saturated rings. The Morgan fingerprint density at radius 2 is 1.88 bits per heavy atom. The number of piperidine rings is 1. The fourth-order valence-corrected chi connectivity index (χ4v) is 5.89. The Labute approximate surface area is 201 Å². The van der Waals surface area contributed by atoms with Gasteiger partial charge in [0.2, 0.25) is 0 Å². The number of amides is 1. The second-order valence-corrected chi connectivity index (χ2v) is 11.3. The van der Waals surface area contributed by atoms with Crippen molar-refractivity contribution in [1.29, 1.82) is 0 Å². The summed E-state index contributed by atoms with van der Waals surface area (Å²) in [4.78, 5) is 26.8. The predicted molar refractivity (Wildman–Crippen MR) is 133 cm³/mol. The Bertz CT molecular complexity index is 1390.